The lowest BCUT2D eigenvalue weighted by Crippen LogP contribution is -2.35. The average molecular weight is 297 g/mol. The molecule has 3 rings (SSSR count). The van der Waals surface area contributed by atoms with Crippen LogP contribution in [0.1, 0.15) is 28.7 Å². The van der Waals surface area contributed by atoms with Gasteiger partial charge in [0.25, 0.3) is 0 Å². The second-order valence-corrected chi connectivity index (χ2v) is 5.24. The van der Waals surface area contributed by atoms with Crippen molar-refractivity contribution in [3.8, 4) is 5.75 Å². The molecular formula is C17H15NO4. The van der Waals surface area contributed by atoms with Crippen LogP contribution in [-0.4, -0.2) is 17.0 Å². The molecule has 1 aliphatic heterocycles. The molecule has 2 aromatic carbocycles. The summed E-state index contributed by atoms with van der Waals surface area (Å²) in [5, 5.41) is 8.96. The number of nitrogens with two attached hydrogens (primary N) is 1. The van der Waals surface area contributed by atoms with E-state index in [4.69, 9.17) is 15.6 Å². The lowest BCUT2D eigenvalue weighted by atomic mass is 9.84. The van der Waals surface area contributed by atoms with Gasteiger partial charge < -0.3 is 15.6 Å². The van der Waals surface area contributed by atoms with Gasteiger partial charge >= 0.3 is 11.9 Å². The molecule has 0 radical (unpaired) electrons. The summed E-state index contributed by atoms with van der Waals surface area (Å²) in [6.07, 6.45) is -0.209. The largest absolute Gasteiger partial charge is 0.481 e. The zero-order valence-corrected chi connectivity index (χ0v) is 11.7. The number of benzene rings is 2. The fraction of sp³-hybridized carbons (Fsp3) is 0.176. The number of ether oxygens (including phenoxy) is 1. The highest BCUT2D eigenvalue weighted by Crippen LogP contribution is 2.41. The van der Waals surface area contributed by atoms with Gasteiger partial charge in [0, 0.05) is 11.1 Å². The van der Waals surface area contributed by atoms with E-state index in [9.17, 15) is 9.59 Å². The molecule has 0 saturated heterocycles. The van der Waals surface area contributed by atoms with Crippen molar-refractivity contribution in [3.63, 3.8) is 0 Å². The fourth-order valence-corrected chi connectivity index (χ4v) is 2.79. The number of para-hydroxylation sites is 1. The summed E-state index contributed by atoms with van der Waals surface area (Å²) in [6.45, 7) is 0. The lowest BCUT2D eigenvalue weighted by Gasteiger charge is -2.30. The van der Waals surface area contributed by atoms with E-state index < -0.39 is 23.9 Å². The summed E-state index contributed by atoms with van der Waals surface area (Å²) in [6, 6.07) is 13.8. The number of hydrogen-bond acceptors (Lipinski definition) is 4. The van der Waals surface area contributed by atoms with Gasteiger partial charge in [0.2, 0.25) is 0 Å². The van der Waals surface area contributed by atoms with Crippen molar-refractivity contribution in [1.29, 1.82) is 0 Å². The fourth-order valence-electron chi connectivity index (χ4n) is 2.79. The molecule has 0 saturated carbocycles. The number of aliphatic carboxylic acids is 1. The third-order valence-corrected chi connectivity index (χ3v) is 3.80. The molecule has 5 nitrogen and oxygen atoms in total. The minimum absolute atomic E-state index is 0.209. The van der Waals surface area contributed by atoms with Crippen molar-refractivity contribution < 1.29 is 19.4 Å². The maximum absolute atomic E-state index is 12.4. The molecule has 0 bridgehead atoms. The van der Waals surface area contributed by atoms with Crippen LogP contribution in [0.15, 0.2) is 48.5 Å². The van der Waals surface area contributed by atoms with E-state index in [-0.39, 0.29) is 12.2 Å². The molecule has 2 unspecified atom stereocenters. The number of hydrogen-bond donors (Lipinski definition) is 2. The van der Waals surface area contributed by atoms with E-state index in [2.05, 4.69) is 0 Å². The zero-order chi connectivity index (χ0) is 15.7. The summed E-state index contributed by atoms with van der Waals surface area (Å²) in [7, 11) is 0. The molecule has 1 heterocycles. The number of carbonyl (C=O) groups is 2. The number of carbonyl (C=O) groups excluding carboxylic acids is 1. The third-order valence-electron chi connectivity index (χ3n) is 3.80. The number of esters is 1. The van der Waals surface area contributed by atoms with Crippen molar-refractivity contribution in [1.82, 2.24) is 0 Å². The van der Waals surface area contributed by atoms with Gasteiger partial charge in [0.15, 0.2) is 0 Å². The highest BCUT2D eigenvalue weighted by molar-refractivity contribution is 5.85. The molecule has 0 aliphatic carbocycles. The normalized spacial score (nSPS) is 20.1. The Hall–Kier alpha value is -2.66. The maximum Gasteiger partial charge on any atom is 0.320 e. The summed E-state index contributed by atoms with van der Waals surface area (Å²) in [5.41, 5.74) is 8.17. The Balaban J connectivity index is 2.04. The van der Waals surface area contributed by atoms with Crippen LogP contribution in [0.4, 0.5) is 0 Å². The second-order valence-electron chi connectivity index (χ2n) is 5.24. The average Bonchev–Trinajstić information content (AvgIpc) is 2.49. The van der Waals surface area contributed by atoms with Gasteiger partial charge in [0.1, 0.15) is 11.7 Å². The quantitative estimate of drug-likeness (QED) is 0.668. The van der Waals surface area contributed by atoms with Crippen LogP contribution >= 0.6 is 0 Å². The molecule has 0 spiro atoms. The molecule has 2 atom stereocenters. The molecule has 5 heteroatoms. The van der Waals surface area contributed by atoms with Gasteiger partial charge in [-0.15, -0.1) is 0 Å². The smallest absolute Gasteiger partial charge is 0.320 e. The van der Waals surface area contributed by atoms with Crippen molar-refractivity contribution in [2.24, 2.45) is 5.73 Å². The van der Waals surface area contributed by atoms with Crippen LogP contribution in [0, 0.1) is 0 Å². The molecule has 0 amide bonds. The second kappa shape index (κ2) is 5.61. The van der Waals surface area contributed by atoms with E-state index in [1.807, 2.05) is 30.3 Å². The Kier molecular flexibility index (Phi) is 3.65. The van der Waals surface area contributed by atoms with Gasteiger partial charge in [-0.2, -0.15) is 0 Å². The monoisotopic (exact) mass is 297 g/mol. The molecule has 2 aromatic rings. The van der Waals surface area contributed by atoms with Crippen molar-refractivity contribution in [3.05, 3.63) is 65.2 Å². The van der Waals surface area contributed by atoms with Gasteiger partial charge in [-0.05, 0) is 5.56 Å². The number of fused-ring (bicyclic) bond motifs is 1. The Labute approximate surface area is 127 Å². The van der Waals surface area contributed by atoms with Crippen molar-refractivity contribution in [2.75, 3.05) is 0 Å². The minimum atomic E-state index is -0.983. The van der Waals surface area contributed by atoms with Crippen LogP contribution in [0.2, 0.25) is 0 Å². The molecule has 3 N–H and O–H groups in total. The summed E-state index contributed by atoms with van der Waals surface area (Å²) in [5.74, 6) is -1.74. The van der Waals surface area contributed by atoms with Crippen LogP contribution in [0.3, 0.4) is 0 Å². The highest BCUT2D eigenvalue weighted by Gasteiger charge is 2.37. The van der Waals surface area contributed by atoms with Crippen LogP contribution in [-0.2, 0) is 16.0 Å². The van der Waals surface area contributed by atoms with Gasteiger partial charge in [-0.3, -0.25) is 9.59 Å². The van der Waals surface area contributed by atoms with Crippen LogP contribution < -0.4 is 10.5 Å². The summed E-state index contributed by atoms with van der Waals surface area (Å²) in [4.78, 5) is 23.3. The first-order valence-corrected chi connectivity index (χ1v) is 6.93. The Morgan fingerprint density at radius 1 is 1.14 bits per heavy atom. The Morgan fingerprint density at radius 2 is 1.86 bits per heavy atom. The van der Waals surface area contributed by atoms with E-state index >= 15 is 0 Å². The molecule has 0 aromatic heterocycles. The standard InChI is InChI=1S/C17H15NO4/c18-15-12-8-4-7-11(9-13(19)20)16(12)22-17(21)14(15)10-5-2-1-3-6-10/h1-8,14-15H,9,18H2,(H,19,20). The predicted octanol–water partition coefficient (Wildman–Crippen LogP) is 2.02. The topological polar surface area (TPSA) is 89.6 Å². The number of carboxylic acid groups (broad SMARTS) is 1. The van der Waals surface area contributed by atoms with Crippen LogP contribution in [0.25, 0.3) is 0 Å². The first-order valence-electron chi connectivity index (χ1n) is 6.93. The van der Waals surface area contributed by atoms with Crippen molar-refractivity contribution in [2.45, 2.75) is 18.4 Å². The van der Waals surface area contributed by atoms with E-state index in [0.29, 0.717) is 11.1 Å². The number of carboxylic acids is 1. The molecule has 112 valence electrons. The van der Waals surface area contributed by atoms with Gasteiger partial charge in [-0.1, -0.05) is 48.5 Å². The van der Waals surface area contributed by atoms with Gasteiger partial charge in [-0.25, -0.2) is 0 Å². The molecule has 1 aliphatic rings. The van der Waals surface area contributed by atoms with Gasteiger partial charge in [0.05, 0.1) is 12.5 Å². The molecular weight excluding hydrogens is 282 g/mol. The molecule has 22 heavy (non-hydrogen) atoms. The van der Waals surface area contributed by atoms with Crippen LogP contribution in [0.5, 0.6) is 5.75 Å². The predicted molar refractivity (Wildman–Crippen MR) is 79.5 cm³/mol. The first-order chi connectivity index (χ1) is 10.6. The highest BCUT2D eigenvalue weighted by atomic mass is 16.5. The third kappa shape index (κ3) is 2.46. The Bertz CT molecular complexity index is 727. The number of rotatable bonds is 3. The lowest BCUT2D eigenvalue weighted by molar-refractivity contribution is -0.139. The maximum atomic E-state index is 12.4. The zero-order valence-electron chi connectivity index (χ0n) is 11.7. The van der Waals surface area contributed by atoms with E-state index in [1.54, 1.807) is 18.2 Å². The Morgan fingerprint density at radius 3 is 2.55 bits per heavy atom. The van der Waals surface area contributed by atoms with E-state index in [0.717, 1.165) is 5.56 Å². The SMILES string of the molecule is NC1c2cccc(CC(=O)O)c2OC(=O)C1c1ccccc1. The molecule has 0 fully saturated rings. The van der Waals surface area contributed by atoms with Crippen molar-refractivity contribution >= 4 is 11.9 Å². The minimum Gasteiger partial charge on any atom is -0.481 e. The van der Waals surface area contributed by atoms with E-state index in [1.165, 1.54) is 0 Å². The first kappa shape index (κ1) is 14.3. The summed E-state index contributed by atoms with van der Waals surface area (Å²) >= 11 is 0. The summed E-state index contributed by atoms with van der Waals surface area (Å²) < 4.78 is 5.42.